The summed E-state index contributed by atoms with van der Waals surface area (Å²) in [5.41, 5.74) is 0. The lowest BCUT2D eigenvalue weighted by molar-refractivity contribution is 0.0658. The Labute approximate surface area is 123 Å². The molecular formula is C16H18O5. The zero-order chi connectivity index (χ0) is 15.1. The van der Waals surface area contributed by atoms with Crippen LogP contribution >= 0.6 is 0 Å². The maximum Gasteiger partial charge on any atom is 0.371 e. The van der Waals surface area contributed by atoms with E-state index in [0.717, 1.165) is 18.6 Å². The summed E-state index contributed by atoms with van der Waals surface area (Å²) < 4.78 is 16.2. The first-order valence-corrected chi connectivity index (χ1v) is 6.86. The maximum absolute atomic E-state index is 10.7. The van der Waals surface area contributed by atoms with Crippen LogP contribution in [0.4, 0.5) is 0 Å². The predicted octanol–water partition coefficient (Wildman–Crippen LogP) is 3.74. The molecule has 1 aromatic heterocycles. The Kier molecular flexibility index (Phi) is 5.26. The molecule has 1 N–H and O–H groups in total. The summed E-state index contributed by atoms with van der Waals surface area (Å²) in [4.78, 5) is 10.7. The molecule has 1 heterocycles. The van der Waals surface area contributed by atoms with E-state index in [2.05, 4.69) is 6.92 Å². The number of aromatic carboxylic acids is 1. The summed E-state index contributed by atoms with van der Waals surface area (Å²) in [5.74, 6) is 0.770. The van der Waals surface area contributed by atoms with E-state index < -0.39 is 5.97 Å². The molecule has 0 amide bonds. The lowest BCUT2D eigenvalue weighted by atomic mass is 10.3. The van der Waals surface area contributed by atoms with Gasteiger partial charge < -0.3 is 19.0 Å². The average molecular weight is 290 g/mol. The summed E-state index contributed by atoms with van der Waals surface area (Å²) in [7, 11) is 0. The zero-order valence-corrected chi connectivity index (χ0v) is 11.9. The van der Waals surface area contributed by atoms with Crippen molar-refractivity contribution in [2.24, 2.45) is 0 Å². The molecule has 5 heteroatoms. The molecular weight excluding hydrogens is 272 g/mol. The van der Waals surface area contributed by atoms with Crippen LogP contribution in [-0.4, -0.2) is 17.7 Å². The monoisotopic (exact) mass is 290 g/mol. The highest BCUT2D eigenvalue weighted by molar-refractivity contribution is 5.84. The lowest BCUT2D eigenvalue weighted by Crippen LogP contribution is -1.97. The second-order valence-corrected chi connectivity index (χ2v) is 4.53. The van der Waals surface area contributed by atoms with E-state index in [1.54, 1.807) is 6.07 Å². The molecule has 5 nitrogen and oxygen atoms in total. The van der Waals surface area contributed by atoms with Crippen LogP contribution in [0.15, 0.2) is 40.8 Å². The SMILES string of the molecule is CCCCOc1ccc(OCc2ccc(C(=O)O)o2)cc1. The number of carboxylic acid groups (broad SMARTS) is 1. The van der Waals surface area contributed by atoms with Crippen LogP contribution in [0.2, 0.25) is 0 Å². The number of carbonyl (C=O) groups is 1. The van der Waals surface area contributed by atoms with Crippen LogP contribution < -0.4 is 9.47 Å². The van der Waals surface area contributed by atoms with Crippen molar-refractivity contribution in [1.82, 2.24) is 0 Å². The van der Waals surface area contributed by atoms with Gasteiger partial charge in [-0.3, -0.25) is 0 Å². The molecule has 112 valence electrons. The second kappa shape index (κ2) is 7.38. The summed E-state index contributed by atoms with van der Waals surface area (Å²) >= 11 is 0. The number of furan rings is 1. The van der Waals surface area contributed by atoms with Crippen molar-refractivity contribution in [3.63, 3.8) is 0 Å². The van der Waals surface area contributed by atoms with Crippen molar-refractivity contribution in [1.29, 1.82) is 0 Å². The highest BCUT2D eigenvalue weighted by Gasteiger charge is 2.09. The van der Waals surface area contributed by atoms with Gasteiger partial charge in [0.1, 0.15) is 23.9 Å². The fourth-order valence-corrected chi connectivity index (χ4v) is 1.69. The molecule has 0 radical (unpaired) electrons. The van der Waals surface area contributed by atoms with Crippen molar-refractivity contribution in [3.05, 3.63) is 47.9 Å². The average Bonchev–Trinajstić information content (AvgIpc) is 2.96. The van der Waals surface area contributed by atoms with Gasteiger partial charge in [0.25, 0.3) is 0 Å². The Hall–Kier alpha value is -2.43. The van der Waals surface area contributed by atoms with Gasteiger partial charge in [0, 0.05) is 0 Å². The van der Waals surface area contributed by atoms with Crippen molar-refractivity contribution in [2.45, 2.75) is 26.4 Å². The molecule has 0 aliphatic rings. The molecule has 0 spiro atoms. The van der Waals surface area contributed by atoms with Gasteiger partial charge in [0.15, 0.2) is 0 Å². The molecule has 0 aliphatic carbocycles. The molecule has 0 saturated heterocycles. The molecule has 2 aromatic rings. The van der Waals surface area contributed by atoms with E-state index >= 15 is 0 Å². The fraction of sp³-hybridized carbons (Fsp3) is 0.312. The third-order valence-electron chi connectivity index (χ3n) is 2.84. The van der Waals surface area contributed by atoms with E-state index in [4.69, 9.17) is 19.0 Å². The number of rotatable bonds is 8. The van der Waals surface area contributed by atoms with Crippen molar-refractivity contribution in [2.75, 3.05) is 6.61 Å². The largest absolute Gasteiger partial charge is 0.494 e. The quantitative estimate of drug-likeness (QED) is 0.750. The van der Waals surface area contributed by atoms with Gasteiger partial charge in [-0.15, -0.1) is 0 Å². The Morgan fingerprint density at radius 1 is 1.10 bits per heavy atom. The van der Waals surface area contributed by atoms with Gasteiger partial charge in [-0.1, -0.05) is 13.3 Å². The molecule has 1 aromatic carbocycles. The lowest BCUT2D eigenvalue weighted by Gasteiger charge is -2.07. The Balaban J connectivity index is 1.83. The molecule has 21 heavy (non-hydrogen) atoms. The number of hydrogen-bond donors (Lipinski definition) is 1. The van der Waals surface area contributed by atoms with Crippen LogP contribution in [0.1, 0.15) is 36.1 Å². The van der Waals surface area contributed by atoms with Crippen molar-refractivity contribution in [3.8, 4) is 11.5 Å². The van der Waals surface area contributed by atoms with Crippen LogP contribution in [0.25, 0.3) is 0 Å². The molecule has 0 saturated carbocycles. The number of hydrogen-bond acceptors (Lipinski definition) is 4. The second-order valence-electron chi connectivity index (χ2n) is 4.53. The van der Waals surface area contributed by atoms with Crippen molar-refractivity contribution >= 4 is 5.97 Å². The fourth-order valence-electron chi connectivity index (χ4n) is 1.69. The zero-order valence-electron chi connectivity index (χ0n) is 11.9. The number of ether oxygens (including phenoxy) is 2. The molecule has 0 bridgehead atoms. The van der Waals surface area contributed by atoms with Crippen LogP contribution in [0.3, 0.4) is 0 Å². The first kappa shape index (κ1) is 15.0. The first-order valence-electron chi connectivity index (χ1n) is 6.86. The highest BCUT2D eigenvalue weighted by Crippen LogP contribution is 2.19. The van der Waals surface area contributed by atoms with Gasteiger partial charge >= 0.3 is 5.97 Å². The topological polar surface area (TPSA) is 68.9 Å². The third kappa shape index (κ3) is 4.56. The standard InChI is InChI=1S/C16H18O5/c1-2-3-10-19-12-4-6-13(7-5-12)20-11-14-8-9-15(21-14)16(17)18/h4-9H,2-3,10-11H2,1H3,(H,17,18). The van der Waals surface area contributed by atoms with Gasteiger partial charge in [0.2, 0.25) is 5.76 Å². The molecule has 0 atom stereocenters. The molecule has 0 aliphatic heterocycles. The Bertz CT molecular complexity index is 571. The molecule has 2 rings (SSSR count). The van der Waals surface area contributed by atoms with Gasteiger partial charge in [-0.25, -0.2) is 4.79 Å². The van der Waals surface area contributed by atoms with Gasteiger partial charge in [-0.2, -0.15) is 0 Å². The van der Waals surface area contributed by atoms with E-state index in [9.17, 15) is 4.79 Å². The van der Waals surface area contributed by atoms with Crippen molar-refractivity contribution < 1.29 is 23.8 Å². The minimum Gasteiger partial charge on any atom is -0.494 e. The Morgan fingerprint density at radius 3 is 2.33 bits per heavy atom. The number of carboxylic acids is 1. The van der Waals surface area contributed by atoms with E-state index in [-0.39, 0.29) is 12.4 Å². The summed E-state index contributed by atoms with van der Waals surface area (Å²) in [6, 6.07) is 10.3. The predicted molar refractivity (Wildman–Crippen MR) is 76.8 cm³/mol. The van der Waals surface area contributed by atoms with Gasteiger partial charge in [0.05, 0.1) is 6.61 Å². The minimum atomic E-state index is -1.09. The first-order chi connectivity index (χ1) is 10.2. The highest BCUT2D eigenvalue weighted by atomic mass is 16.5. The molecule has 0 unspecified atom stereocenters. The summed E-state index contributed by atoms with van der Waals surface area (Å²) in [6.07, 6.45) is 2.13. The Morgan fingerprint density at radius 2 is 1.76 bits per heavy atom. The maximum atomic E-state index is 10.7. The van der Waals surface area contributed by atoms with E-state index in [1.165, 1.54) is 6.07 Å². The van der Waals surface area contributed by atoms with Crippen LogP contribution in [-0.2, 0) is 6.61 Å². The number of unbranched alkanes of at least 4 members (excludes halogenated alkanes) is 1. The van der Waals surface area contributed by atoms with Crippen LogP contribution in [0, 0.1) is 0 Å². The van der Waals surface area contributed by atoms with Crippen LogP contribution in [0.5, 0.6) is 11.5 Å². The smallest absolute Gasteiger partial charge is 0.371 e. The third-order valence-corrected chi connectivity index (χ3v) is 2.84. The normalized spacial score (nSPS) is 10.3. The minimum absolute atomic E-state index is 0.0896. The summed E-state index contributed by atoms with van der Waals surface area (Å²) in [5, 5.41) is 8.75. The van der Waals surface area contributed by atoms with E-state index in [0.29, 0.717) is 18.1 Å². The summed E-state index contributed by atoms with van der Waals surface area (Å²) in [6.45, 7) is 3.01. The molecule has 0 fully saturated rings. The van der Waals surface area contributed by atoms with Gasteiger partial charge in [-0.05, 0) is 42.8 Å². The van der Waals surface area contributed by atoms with E-state index in [1.807, 2.05) is 24.3 Å². The number of benzene rings is 1.